The van der Waals surface area contributed by atoms with Gasteiger partial charge in [-0.1, -0.05) is 31.9 Å². The van der Waals surface area contributed by atoms with Gasteiger partial charge in [0.05, 0.1) is 0 Å². The van der Waals surface area contributed by atoms with Gasteiger partial charge in [0.2, 0.25) is 0 Å². The van der Waals surface area contributed by atoms with Gasteiger partial charge in [0.1, 0.15) is 37.7 Å². The number of benzene rings is 2. The van der Waals surface area contributed by atoms with Crippen molar-refractivity contribution in [2.24, 2.45) is 0 Å². The standard InChI is InChI=1S/C29H29FO9/c1-17(2)26(31)36-12-11-35-25-16-21(20-8-10-24(23(30)15-20)39-28(33)19(5)6)7-9-22(25)29(34)38-14-13-37-27(32)18(3)4/h7-10,15-16H,1,3,5,11-14H2,2,4,6H3. The molecule has 9 nitrogen and oxygen atoms in total. The highest BCUT2D eigenvalue weighted by Gasteiger charge is 2.18. The van der Waals surface area contributed by atoms with Crippen molar-refractivity contribution < 1.29 is 47.3 Å². The first-order valence-corrected chi connectivity index (χ1v) is 11.7. The summed E-state index contributed by atoms with van der Waals surface area (Å²) < 4.78 is 40.4. The Labute approximate surface area is 225 Å². The average Bonchev–Trinajstić information content (AvgIpc) is 2.89. The van der Waals surface area contributed by atoms with Crippen LogP contribution in [0.15, 0.2) is 72.9 Å². The molecule has 0 radical (unpaired) electrons. The zero-order valence-electron chi connectivity index (χ0n) is 22.0. The molecule has 0 saturated heterocycles. The minimum atomic E-state index is -0.788. The second-order valence-corrected chi connectivity index (χ2v) is 8.34. The molecule has 0 unspecified atom stereocenters. The fourth-order valence-corrected chi connectivity index (χ4v) is 2.82. The summed E-state index contributed by atoms with van der Waals surface area (Å²) in [7, 11) is 0. The van der Waals surface area contributed by atoms with Crippen molar-refractivity contribution in [3.05, 3.63) is 84.2 Å². The largest absolute Gasteiger partial charge is 0.489 e. The molecule has 39 heavy (non-hydrogen) atoms. The molecule has 0 aliphatic rings. The third kappa shape index (κ3) is 9.26. The minimum Gasteiger partial charge on any atom is -0.489 e. The fourth-order valence-electron chi connectivity index (χ4n) is 2.82. The zero-order chi connectivity index (χ0) is 29.1. The summed E-state index contributed by atoms with van der Waals surface area (Å²) in [5.74, 6) is -3.73. The predicted octanol–water partition coefficient (Wildman–Crippen LogP) is 4.75. The highest BCUT2D eigenvalue weighted by atomic mass is 19.1. The normalized spacial score (nSPS) is 10.2. The van der Waals surface area contributed by atoms with Crippen molar-refractivity contribution in [3.8, 4) is 22.6 Å². The van der Waals surface area contributed by atoms with Crippen LogP contribution in [0.1, 0.15) is 31.1 Å². The maximum absolute atomic E-state index is 14.6. The van der Waals surface area contributed by atoms with Gasteiger partial charge in [-0.2, -0.15) is 0 Å². The number of ether oxygens (including phenoxy) is 5. The molecule has 0 aliphatic heterocycles. The molecule has 0 fully saturated rings. The lowest BCUT2D eigenvalue weighted by molar-refractivity contribution is -0.140. The van der Waals surface area contributed by atoms with Crippen LogP contribution in [0.4, 0.5) is 4.39 Å². The molecule has 0 N–H and O–H groups in total. The van der Waals surface area contributed by atoms with Crippen molar-refractivity contribution in [1.29, 1.82) is 0 Å². The molecule has 10 heteroatoms. The van der Waals surface area contributed by atoms with E-state index in [-0.39, 0.29) is 60.2 Å². The first-order chi connectivity index (χ1) is 18.4. The molecular formula is C29H29FO9. The molecule has 0 aromatic heterocycles. The van der Waals surface area contributed by atoms with E-state index in [0.717, 1.165) is 6.07 Å². The van der Waals surface area contributed by atoms with Crippen LogP contribution in [0.25, 0.3) is 11.1 Å². The number of hydrogen-bond donors (Lipinski definition) is 0. The fraction of sp³-hybridized carbons (Fsp3) is 0.241. The highest BCUT2D eigenvalue weighted by molar-refractivity contribution is 5.94. The minimum absolute atomic E-state index is 0.0312. The SMILES string of the molecule is C=C(C)C(=O)OCCOC(=O)c1ccc(-c2ccc(OC(=O)C(=C)C)c(F)c2)cc1OCCOC(=O)C(=C)C. The van der Waals surface area contributed by atoms with Crippen LogP contribution in [0, 0.1) is 5.82 Å². The van der Waals surface area contributed by atoms with Crippen LogP contribution in [-0.4, -0.2) is 50.3 Å². The van der Waals surface area contributed by atoms with E-state index >= 15 is 0 Å². The van der Waals surface area contributed by atoms with Crippen molar-refractivity contribution >= 4 is 23.9 Å². The van der Waals surface area contributed by atoms with E-state index in [2.05, 4.69) is 19.7 Å². The van der Waals surface area contributed by atoms with Gasteiger partial charge < -0.3 is 23.7 Å². The maximum atomic E-state index is 14.6. The topological polar surface area (TPSA) is 114 Å². The zero-order valence-corrected chi connectivity index (χ0v) is 22.0. The van der Waals surface area contributed by atoms with Gasteiger partial charge in [0, 0.05) is 16.7 Å². The number of carbonyl (C=O) groups is 4. The van der Waals surface area contributed by atoms with Crippen LogP contribution in [0.2, 0.25) is 0 Å². The third-order valence-corrected chi connectivity index (χ3v) is 4.84. The Morgan fingerprint density at radius 2 is 1.18 bits per heavy atom. The van der Waals surface area contributed by atoms with Gasteiger partial charge >= 0.3 is 23.9 Å². The van der Waals surface area contributed by atoms with Crippen molar-refractivity contribution in [3.63, 3.8) is 0 Å². The summed E-state index contributed by atoms with van der Waals surface area (Å²) in [6.45, 7) is 14.2. The van der Waals surface area contributed by atoms with Gasteiger partial charge in [-0.25, -0.2) is 23.6 Å². The monoisotopic (exact) mass is 540 g/mol. The van der Waals surface area contributed by atoms with E-state index in [1.807, 2.05) is 0 Å². The van der Waals surface area contributed by atoms with Crippen LogP contribution in [-0.2, 0) is 28.6 Å². The summed E-state index contributed by atoms with van der Waals surface area (Å²) in [6.07, 6.45) is 0. The molecule has 0 spiro atoms. The Hall–Kier alpha value is -4.73. The van der Waals surface area contributed by atoms with Crippen LogP contribution < -0.4 is 9.47 Å². The van der Waals surface area contributed by atoms with Gasteiger partial charge in [-0.3, -0.25) is 0 Å². The quantitative estimate of drug-likeness (QED) is 0.117. The van der Waals surface area contributed by atoms with Gasteiger partial charge in [0.25, 0.3) is 0 Å². The Morgan fingerprint density at radius 3 is 1.74 bits per heavy atom. The summed E-state index contributed by atoms with van der Waals surface area (Å²) in [5.41, 5.74) is 1.43. The smallest absolute Gasteiger partial charge is 0.342 e. The van der Waals surface area contributed by atoms with Gasteiger partial charge in [0.15, 0.2) is 11.6 Å². The van der Waals surface area contributed by atoms with Crippen LogP contribution in [0.3, 0.4) is 0 Å². The van der Waals surface area contributed by atoms with Gasteiger partial charge in [-0.05, 0) is 56.2 Å². The van der Waals surface area contributed by atoms with Crippen molar-refractivity contribution in [2.45, 2.75) is 20.8 Å². The Kier molecular flexibility index (Phi) is 11.2. The molecule has 0 aliphatic carbocycles. The average molecular weight is 541 g/mol. The van der Waals surface area contributed by atoms with Crippen molar-refractivity contribution in [2.75, 3.05) is 26.4 Å². The lowest BCUT2D eigenvalue weighted by Crippen LogP contribution is -2.16. The maximum Gasteiger partial charge on any atom is 0.342 e. The molecule has 2 aromatic carbocycles. The van der Waals surface area contributed by atoms with Gasteiger partial charge in [-0.15, -0.1) is 0 Å². The molecule has 0 amide bonds. The molecule has 0 heterocycles. The van der Waals surface area contributed by atoms with E-state index in [9.17, 15) is 23.6 Å². The third-order valence-electron chi connectivity index (χ3n) is 4.84. The molecular weight excluding hydrogens is 511 g/mol. The first kappa shape index (κ1) is 30.5. The van der Waals surface area contributed by atoms with E-state index in [1.54, 1.807) is 6.07 Å². The lowest BCUT2D eigenvalue weighted by Gasteiger charge is -2.14. The Balaban J connectivity index is 2.24. The second-order valence-electron chi connectivity index (χ2n) is 8.34. The molecule has 2 aromatic rings. The first-order valence-electron chi connectivity index (χ1n) is 11.7. The van der Waals surface area contributed by atoms with E-state index in [1.165, 1.54) is 45.0 Å². The summed E-state index contributed by atoms with van der Waals surface area (Å²) >= 11 is 0. The summed E-state index contributed by atoms with van der Waals surface area (Å²) in [5, 5.41) is 0. The molecule has 0 atom stereocenters. The lowest BCUT2D eigenvalue weighted by atomic mass is 10.0. The number of esters is 4. The van der Waals surface area contributed by atoms with E-state index in [4.69, 9.17) is 23.7 Å². The van der Waals surface area contributed by atoms with Crippen molar-refractivity contribution in [1.82, 2.24) is 0 Å². The molecule has 0 saturated carbocycles. The summed E-state index contributed by atoms with van der Waals surface area (Å²) in [6, 6.07) is 8.40. The summed E-state index contributed by atoms with van der Waals surface area (Å²) in [4.78, 5) is 47.5. The van der Waals surface area contributed by atoms with E-state index < -0.39 is 29.7 Å². The van der Waals surface area contributed by atoms with Crippen LogP contribution in [0.5, 0.6) is 11.5 Å². The predicted molar refractivity (Wildman–Crippen MR) is 140 cm³/mol. The number of carbonyl (C=O) groups excluding carboxylic acids is 4. The second kappa shape index (κ2) is 14.3. The van der Waals surface area contributed by atoms with Crippen LogP contribution >= 0.6 is 0 Å². The highest BCUT2D eigenvalue weighted by Crippen LogP contribution is 2.31. The number of halogens is 1. The molecule has 206 valence electrons. The number of hydrogen-bond acceptors (Lipinski definition) is 9. The number of rotatable bonds is 13. The molecule has 2 rings (SSSR count). The van der Waals surface area contributed by atoms with E-state index in [0.29, 0.717) is 11.1 Å². The Bertz CT molecular complexity index is 1310. The Morgan fingerprint density at radius 1 is 0.667 bits per heavy atom. The molecule has 0 bridgehead atoms.